The Bertz CT molecular complexity index is 1050. The molecule has 0 saturated heterocycles. The van der Waals surface area contributed by atoms with E-state index in [1.165, 1.54) is 43.4 Å². The average molecular weight is 398 g/mol. The molecule has 0 aliphatic carbocycles. The zero-order valence-electron chi connectivity index (χ0n) is 14.4. The van der Waals surface area contributed by atoms with Crippen LogP contribution in [0.4, 0.5) is 5.69 Å². The maximum atomic E-state index is 12.8. The molecular weight excluding hydrogens is 380 g/mol. The van der Waals surface area contributed by atoms with Crippen LogP contribution in [-0.4, -0.2) is 39.4 Å². The van der Waals surface area contributed by atoms with Crippen molar-refractivity contribution in [3.63, 3.8) is 0 Å². The molecule has 0 N–H and O–H groups in total. The lowest BCUT2D eigenvalue weighted by Gasteiger charge is -2.24. The fourth-order valence-corrected chi connectivity index (χ4v) is 4.49. The molecule has 2 aromatic rings. The Morgan fingerprint density at radius 2 is 1.58 bits per heavy atom. The van der Waals surface area contributed by atoms with E-state index in [4.69, 9.17) is 0 Å². The molecule has 2 rings (SSSR count). The SMILES string of the molecule is CC(c1cccc([N+](=O)[O-])c1)N(C)S(=O)(=O)c1cccc(S(C)(=O)=O)c1. The van der Waals surface area contributed by atoms with Gasteiger partial charge in [0.2, 0.25) is 10.0 Å². The van der Waals surface area contributed by atoms with Crippen molar-refractivity contribution < 1.29 is 21.8 Å². The van der Waals surface area contributed by atoms with E-state index < -0.39 is 30.8 Å². The summed E-state index contributed by atoms with van der Waals surface area (Å²) in [4.78, 5) is 10.1. The highest BCUT2D eigenvalue weighted by Gasteiger charge is 2.28. The van der Waals surface area contributed by atoms with Crippen LogP contribution in [0, 0.1) is 10.1 Å². The minimum absolute atomic E-state index is 0.102. The summed E-state index contributed by atoms with van der Waals surface area (Å²) in [6.07, 6.45) is 0.994. The minimum Gasteiger partial charge on any atom is -0.258 e. The van der Waals surface area contributed by atoms with Gasteiger partial charge in [0.15, 0.2) is 9.84 Å². The highest BCUT2D eigenvalue weighted by Crippen LogP contribution is 2.28. The standard InChI is InChI=1S/C16H18N2O6S2/c1-12(13-6-4-7-14(10-13)18(19)20)17(2)26(23,24)16-9-5-8-15(11-16)25(3,21)22/h4-12H,1-3H3. The van der Waals surface area contributed by atoms with Gasteiger partial charge in [0.1, 0.15) is 0 Å². The molecule has 0 aliphatic rings. The van der Waals surface area contributed by atoms with E-state index in [-0.39, 0.29) is 15.5 Å². The van der Waals surface area contributed by atoms with E-state index in [1.54, 1.807) is 13.0 Å². The number of sulfonamides is 1. The first-order chi connectivity index (χ1) is 11.9. The first-order valence-electron chi connectivity index (χ1n) is 7.47. The zero-order chi connectivity index (χ0) is 19.7. The molecule has 0 aromatic heterocycles. The van der Waals surface area contributed by atoms with E-state index in [2.05, 4.69) is 0 Å². The Labute approximate surface area is 152 Å². The third kappa shape index (κ3) is 4.09. The van der Waals surface area contributed by atoms with Gasteiger partial charge in [-0.3, -0.25) is 10.1 Å². The van der Waals surface area contributed by atoms with E-state index in [0.29, 0.717) is 5.56 Å². The molecule has 8 nitrogen and oxygen atoms in total. The molecule has 0 amide bonds. The number of nitro benzene ring substituents is 1. The summed E-state index contributed by atoms with van der Waals surface area (Å²) >= 11 is 0. The van der Waals surface area contributed by atoms with E-state index in [9.17, 15) is 26.9 Å². The first-order valence-corrected chi connectivity index (χ1v) is 10.8. The van der Waals surface area contributed by atoms with Crippen LogP contribution in [0.25, 0.3) is 0 Å². The highest BCUT2D eigenvalue weighted by atomic mass is 32.2. The van der Waals surface area contributed by atoms with Gasteiger partial charge in [-0.25, -0.2) is 16.8 Å². The smallest absolute Gasteiger partial charge is 0.258 e. The van der Waals surface area contributed by atoms with Crippen molar-refractivity contribution in [2.45, 2.75) is 22.8 Å². The van der Waals surface area contributed by atoms with Crippen LogP contribution in [0.2, 0.25) is 0 Å². The van der Waals surface area contributed by atoms with Crippen molar-refractivity contribution in [1.82, 2.24) is 4.31 Å². The molecule has 26 heavy (non-hydrogen) atoms. The predicted octanol–water partition coefficient (Wildman–Crippen LogP) is 2.38. The molecule has 1 atom stereocenters. The second-order valence-electron chi connectivity index (χ2n) is 5.80. The number of nitrogens with zero attached hydrogens (tertiary/aromatic N) is 2. The summed E-state index contributed by atoms with van der Waals surface area (Å²) in [5.74, 6) is 0. The molecule has 0 spiro atoms. The first kappa shape index (κ1) is 20.0. The lowest BCUT2D eigenvalue weighted by atomic mass is 10.1. The number of hydrogen-bond donors (Lipinski definition) is 0. The molecule has 1 unspecified atom stereocenters. The van der Waals surface area contributed by atoms with Crippen LogP contribution < -0.4 is 0 Å². The molecule has 0 fully saturated rings. The Morgan fingerprint density at radius 3 is 2.15 bits per heavy atom. The fourth-order valence-electron chi connectivity index (χ4n) is 2.35. The highest BCUT2D eigenvalue weighted by molar-refractivity contribution is 7.91. The second-order valence-corrected chi connectivity index (χ2v) is 9.81. The van der Waals surface area contributed by atoms with Gasteiger partial charge in [0.05, 0.1) is 14.7 Å². The van der Waals surface area contributed by atoms with Gasteiger partial charge in [-0.15, -0.1) is 0 Å². The average Bonchev–Trinajstić information content (AvgIpc) is 2.59. The van der Waals surface area contributed by atoms with E-state index >= 15 is 0 Å². The van der Waals surface area contributed by atoms with Gasteiger partial charge in [-0.05, 0) is 30.7 Å². The third-order valence-electron chi connectivity index (χ3n) is 4.02. The summed E-state index contributed by atoms with van der Waals surface area (Å²) in [6.45, 7) is 1.59. The molecule has 2 aromatic carbocycles. The number of benzene rings is 2. The van der Waals surface area contributed by atoms with Gasteiger partial charge >= 0.3 is 0 Å². The van der Waals surface area contributed by atoms with Crippen LogP contribution >= 0.6 is 0 Å². The maximum absolute atomic E-state index is 12.8. The van der Waals surface area contributed by atoms with Gasteiger partial charge in [0, 0.05) is 31.5 Å². The van der Waals surface area contributed by atoms with Crippen molar-refractivity contribution in [1.29, 1.82) is 0 Å². The fraction of sp³-hybridized carbons (Fsp3) is 0.250. The Hall–Kier alpha value is -2.30. The van der Waals surface area contributed by atoms with Crippen molar-refractivity contribution >= 4 is 25.5 Å². The molecule has 0 heterocycles. The topological polar surface area (TPSA) is 115 Å². The summed E-state index contributed by atoms with van der Waals surface area (Å²) in [6, 6.07) is 10.1. The molecule has 0 radical (unpaired) electrons. The van der Waals surface area contributed by atoms with Gasteiger partial charge in [0.25, 0.3) is 5.69 Å². The van der Waals surface area contributed by atoms with Gasteiger partial charge in [-0.2, -0.15) is 4.31 Å². The number of non-ortho nitro benzene ring substituents is 1. The quantitative estimate of drug-likeness (QED) is 0.545. The molecule has 0 aliphatic heterocycles. The molecule has 140 valence electrons. The van der Waals surface area contributed by atoms with Crippen molar-refractivity contribution in [3.8, 4) is 0 Å². The molecule has 0 saturated carbocycles. The lowest BCUT2D eigenvalue weighted by Crippen LogP contribution is -2.30. The van der Waals surface area contributed by atoms with E-state index in [0.717, 1.165) is 16.6 Å². The Morgan fingerprint density at radius 1 is 1.00 bits per heavy atom. The number of rotatable bonds is 6. The monoisotopic (exact) mass is 398 g/mol. The van der Waals surface area contributed by atoms with Crippen LogP contribution in [0.1, 0.15) is 18.5 Å². The Kier molecular flexibility index (Phi) is 5.49. The largest absolute Gasteiger partial charge is 0.269 e. The van der Waals surface area contributed by atoms with Gasteiger partial charge < -0.3 is 0 Å². The number of nitro groups is 1. The lowest BCUT2D eigenvalue weighted by molar-refractivity contribution is -0.384. The number of hydrogen-bond acceptors (Lipinski definition) is 6. The Balaban J connectivity index is 2.43. The summed E-state index contributed by atoms with van der Waals surface area (Å²) in [5.41, 5.74) is 0.309. The molecular formula is C16H18N2O6S2. The predicted molar refractivity (Wildman–Crippen MR) is 96.0 cm³/mol. The summed E-state index contributed by atoms with van der Waals surface area (Å²) in [5, 5.41) is 10.9. The van der Waals surface area contributed by atoms with Crippen LogP contribution in [0.5, 0.6) is 0 Å². The van der Waals surface area contributed by atoms with Gasteiger partial charge in [-0.1, -0.05) is 18.2 Å². The minimum atomic E-state index is -4.00. The van der Waals surface area contributed by atoms with Crippen molar-refractivity contribution in [3.05, 3.63) is 64.2 Å². The maximum Gasteiger partial charge on any atom is 0.269 e. The normalized spacial score (nSPS) is 13.5. The van der Waals surface area contributed by atoms with Crippen molar-refractivity contribution in [2.24, 2.45) is 0 Å². The van der Waals surface area contributed by atoms with Crippen LogP contribution in [0.15, 0.2) is 58.3 Å². The second kappa shape index (κ2) is 7.14. The summed E-state index contributed by atoms with van der Waals surface area (Å²) in [7, 11) is -6.22. The molecule has 0 bridgehead atoms. The summed E-state index contributed by atoms with van der Waals surface area (Å²) < 4.78 is 50.1. The van der Waals surface area contributed by atoms with Crippen LogP contribution in [0.3, 0.4) is 0 Å². The zero-order valence-corrected chi connectivity index (χ0v) is 16.0. The molecule has 10 heteroatoms. The number of sulfone groups is 1. The van der Waals surface area contributed by atoms with Crippen LogP contribution in [-0.2, 0) is 19.9 Å². The van der Waals surface area contributed by atoms with E-state index in [1.807, 2.05) is 0 Å². The van der Waals surface area contributed by atoms with Crippen molar-refractivity contribution in [2.75, 3.05) is 13.3 Å². The third-order valence-corrected chi connectivity index (χ3v) is 7.05.